The molecule has 0 spiro atoms. The monoisotopic (exact) mass is 219 g/mol. The molecule has 0 aromatic carbocycles. The maximum atomic E-state index is 6.32. The molecule has 1 aromatic heterocycles. The molecule has 3 nitrogen and oxygen atoms in total. The average Bonchev–Trinajstić information content (AvgIpc) is 2.32. The van der Waals surface area contributed by atoms with Crippen LogP contribution in [0.3, 0.4) is 0 Å². The maximum absolute atomic E-state index is 6.32. The highest BCUT2D eigenvalue weighted by atomic mass is 14.8. The van der Waals surface area contributed by atoms with Gasteiger partial charge in [0.1, 0.15) is 5.82 Å². The minimum atomic E-state index is 0.0627. The first-order valence-corrected chi connectivity index (χ1v) is 6.16. The van der Waals surface area contributed by atoms with E-state index >= 15 is 0 Å². The summed E-state index contributed by atoms with van der Waals surface area (Å²) < 4.78 is 0. The molecule has 0 saturated heterocycles. The lowest BCUT2D eigenvalue weighted by atomic mass is 9.81. The van der Waals surface area contributed by atoms with Gasteiger partial charge in [-0.3, -0.25) is 0 Å². The van der Waals surface area contributed by atoms with Gasteiger partial charge in [-0.25, -0.2) is 4.98 Å². The topological polar surface area (TPSA) is 64.9 Å². The Kier molecular flexibility index (Phi) is 3.44. The molecule has 1 unspecified atom stereocenters. The van der Waals surface area contributed by atoms with E-state index in [2.05, 4.69) is 11.1 Å². The van der Waals surface area contributed by atoms with Crippen LogP contribution in [0, 0.1) is 12.8 Å². The minimum absolute atomic E-state index is 0.0627. The van der Waals surface area contributed by atoms with Gasteiger partial charge in [-0.05, 0) is 37.3 Å². The van der Waals surface area contributed by atoms with E-state index in [1.807, 2.05) is 6.92 Å². The molecule has 1 fully saturated rings. The predicted molar refractivity (Wildman–Crippen MR) is 66.9 cm³/mol. The molecule has 1 aliphatic rings. The fourth-order valence-electron chi connectivity index (χ4n) is 2.62. The molecule has 1 heterocycles. The molecule has 4 N–H and O–H groups in total. The lowest BCUT2D eigenvalue weighted by Crippen LogP contribution is -2.24. The Morgan fingerprint density at radius 1 is 1.31 bits per heavy atom. The molecule has 0 radical (unpaired) electrons. The van der Waals surface area contributed by atoms with Crippen LogP contribution in [0.2, 0.25) is 0 Å². The second kappa shape index (κ2) is 4.83. The van der Waals surface area contributed by atoms with Crippen LogP contribution in [0.4, 0.5) is 5.82 Å². The fraction of sp³-hybridized carbons (Fsp3) is 0.615. The number of rotatable bonds is 2. The second-order valence-corrected chi connectivity index (χ2v) is 4.91. The van der Waals surface area contributed by atoms with E-state index in [9.17, 15) is 0 Å². The van der Waals surface area contributed by atoms with Crippen LogP contribution in [-0.2, 0) is 0 Å². The van der Waals surface area contributed by atoms with Gasteiger partial charge in [0, 0.05) is 17.8 Å². The lowest BCUT2D eigenvalue weighted by Gasteiger charge is -2.28. The number of nitrogens with zero attached hydrogens (tertiary/aromatic N) is 1. The zero-order chi connectivity index (χ0) is 11.5. The van der Waals surface area contributed by atoms with E-state index in [-0.39, 0.29) is 6.04 Å². The molecule has 0 aliphatic heterocycles. The summed E-state index contributed by atoms with van der Waals surface area (Å²) in [5.41, 5.74) is 14.4. The predicted octanol–water partition coefficient (Wildman–Crippen LogP) is 2.55. The van der Waals surface area contributed by atoms with Gasteiger partial charge in [-0.1, -0.05) is 19.3 Å². The zero-order valence-electron chi connectivity index (χ0n) is 9.95. The standard InChI is InChI=1S/C13H21N3/c1-9-7-11(13(15)16-8-9)12(14)10-5-3-2-4-6-10/h7-8,10,12H,2-6,14H2,1H3,(H2,15,16). The molecular formula is C13H21N3. The summed E-state index contributed by atoms with van der Waals surface area (Å²) in [5.74, 6) is 1.18. The van der Waals surface area contributed by atoms with Crippen LogP contribution < -0.4 is 11.5 Å². The Hall–Kier alpha value is -1.09. The second-order valence-electron chi connectivity index (χ2n) is 4.91. The molecule has 2 rings (SSSR count). The quantitative estimate of drug-likeness (QED) is 0.803. The van der Waals surface area contributed by atoms with Crippen LogP contribution in [0.25, 0.3) is 0 Å². The lowest BCUT2D eigenvalue weighted by molar-refractivity contribution is 0.308. The van der Waals surface area contributed by atoms with Gasteiger partial charge >= 0.3 is 0 Å². The fourth-order valence-corrected chi connectivity index (χ4v) is 2.62. The van der Waals surface area contributed by atoms with Crippen molar-refractivity contribution in [2.45, 2.75) is 45.1 Å². The van der Waals surface area contributed by atoms with Crippen molar-refractivity contribution in [1.29, 1.82) is 0 Å². The van der Waals surface area contributed by atoms with Crippen LogP contribution >= 0.6 is 0 Å². The summed E-state index contributed by atoms with van der Waals surface area (Å²) in [7, 11) is 0. The van der Waals surface area contributed by atoms with Crippen LogP contribution in [0.5, 0.6) is 0 Å². The molecule has 1 aliphatic carbocycles. The highest BCUT2D eigenvalue weighted by molar-refractivity contribution is 5.43. The molecule has 1 saturated carbocycles. The van der Waals surface area contributed by atoms with Gasteiger partial charge in [0.15, 0.2) is 0 Å². The highest BCUT2D eigenvalue weighted by Crippen LogP contribution is 2.34. The van der Waals surface area contributed by atoms with E-state index in [4.69, 9.17) is 11.5 Å². The summed E-state index contributed by atoms with van der Waals surface area (Å²) in [4.78, 5) is 4.19. The Balaban J connectivity index is 2.18. The average molecular weight is 219 g/mol. The first-order chi connectivity index (χ1) is 7.68. The Bertz CT molecular complexity index is 356. The van der Waals surface area contributed by atoms with Crippen molar-refractivity contribution in [3.63, 3.8) is 0 Å². The van der Waals surface area contributed by atoms with Gasteiger partial charge in [-0.15, -0.1) is 0 Å². The third-order valence-corrected chi connectivity index (χ3v) is 3.60. The Labute approximate surface area is 97.2 Å². The Morgan fingerprint density at radius 3 is 2.69 bits per heavy atom. The highest BCUT2D eigenvalue weighted by Gasteiger charge is 2.23. The van der Waals surface area contributed by atoms with Crippen LogP contribution in [0.1, 0.15) is 49.3 Å². The summed E-state index contributed by atoms with van der Waals surface area (Å²) in [6.07, 6.45) is 8.22. The normalized spacial score (nSPS) is 19.6. The van der Waals surface area contributed by atoms with Crippen molar-refractivity contribution in [2.75, 3.05) is 5.73 Å². The van der Waals surface area contributed by atoms with E-state index < -0.39 is 0 Å². The van der Waals surface area contributed by atoms with Crippen molar-refractivity contribution in [1.82, 2.24) is 4.98 Å². The maximum Gasteiger partial charge on any atom is 0.128 e. The number of aromatic nitrogens is 1. The van der Waals surface area contributed by atoms with Gasteiger partial charge in [0.2, 0.25) is 0 Å². The molecule has 1 aromatic rings. The molecule has 0 bridgehead atoms. The van der Waals surface area contributed by atoms with Gasteiger partial charge < -0.3 is 11.5 Å². The van der Waals surface area contributed by atoms with Gasteiger partial charge in [-0.2, -0.15) is 0 Å². The number of nitrogens with two attached hydrogens (primary N) is 2. The number of hydrogen-bond donors (Lipinski definition) is 2. The number of hydrogen-bond acceptors (Lipinski definition) is 3. The van der Waals surface area contributed by atoms with E-state index in [0.29, 0.717) is 11.7 Å². The molecule has 1 atom stereocenters. The number of pyridine rings is 1. The van der Waals surface area contributed by atoms with Crippen LogP contribution in [0.15, 0.2) is 12.3 Å². The number of aryl methyl sites for hydroxylation is 1. The zero-order valence-corrected chi connectivity index (χ0v) is 9.95. The minimum Gasteiger partial charge on any atom is -0.383 e. The summed E-state index contributed by atoms with van der Waals surface area (Å²) in [6, 6.07) is 2.15. The molecule has 0 amide bonds. The summed E-state index contributed by atoms with van der Waals surface area (Å²) in [6.45, 7) is 2.03. The first-order valence-electron chi connectivity index (χ1n) is 6.16. The SMILES string of the molecule is Cc1cnc(N)c(C(N)C2CCCCC2)c1. The number of anilines is 1. The largest absolute Gasteiger partial charge is 0.383 e. The third-order valence-electron chi connectivity index (χ3n) is 3.60. The summed E-state index contributed by atoms with van der Waals surface area (Å²) >= 11 is 0. The Morgan fingerprint density at radius 2 is 2.00 bits per heavy atom. The number of nitrogen functional groups attached to an aromatic ring is 1. The molecule has 3 heteroatoms. The van der Waals surface area contributed by atoms with Crippen molar-refractivity contribution in [3.05, 3.63) is 23.4 Å². The molecular weight excluding hydrogens is 198 g/mol. The van der Waals surface area contributed by atoms with Crippen molar-refractivity contribution >= 4 is 5.82 Å². The van der Waals surface area contributed by atoms with Crippen molar-refractivity contribution in [2.24, 2.45) is 11.7 Å². The van der Waals surface area contributed by atoms with Crippen LogP contribution in [-0.4, -0.2) is 4.98 Å². The van der Waals surface area contributed by atoms with E-state index in [1.165, 1.54) is 32.1 Å². The summed E-state index contributed by atoms with van der Waals surface area (Å²) in [5, 5.41) is 0. The van der Waals surface area contributed by atoms with Gasteiger partial charge in [0.05, 0.1) is 0 Å². The van der Waals surface area contributed by atoms with E-state index in [1.54, 1.807) is 6.20 Å². The molecule has 16 heavy (non-hydrogen) atoms. The van der Waals surface area contributed by atoms with Crippen molar-refractivity contribution in [3.8, 4) is 0 Å². The third kappa shape index (κ3) is 2.35. The van der Waals surface area contributed by atoms with Crippen molar-refractivity contribution < 1.29 is 0 Å². The molecule has 88 valence electrons. The van der Waals surface area contributed by atoms with E-state index in [0.717, 1.165) is 11.1 Å². The van der Waals surface area contributed by atoms with Gasteiger partial charge in [0.25, 0.3) is 0 Å². The smallest absolute Gasteiger partial charge is 0.128 e. The first kappa shape index (κ1) is 11.4.